The highest BCUT2D eigenvalue weighted by molar-refractivity contribution is 7.90. The van der Waals surface area contributed by atoms with Crippen LogP contribution in [-0.2, 0) is 24.4 Å². The molecule has 3 heterocycles. The molecule has 1 N–H and O–H groups in total. The van der Waals surface area contributed by atoms with Crippen LogP contribution in [0.1, 0.15) is 64.7 Å². The van der Waals surface area contributed by atoms with Gasteiger partial charge in [0, 0.05) is 37.4 Å². The molecule has 3 saturated carbocycles. The number of hydrogen-bond acceptors (Lipinski definition) is 10. The van der Waals surface area contributed by atoms with Crippen LogP contribution >= 0.6 is 0 Å². The fraction of sp³-hybridized carbons (Fsp3) is 0.588. The molecule has 3 aliphatic carbocycles. The zero-order valence-electron chi connectivity index (χ0n) is 26.7. The minimum absolute atomic E-state index is 0.0809. The fourth-order valence-electron chi connectivity index (χ4n) is 7.34. The highest BCUT2D eigenvalue weighted by atomic mass is 32.2. The molecule has 0 radical (unpaired) electrons. The summed E-state index contributed by atoms with van der Waals surface area (Å²) in [6.45, 7) is 2.90. The van der Waals surface area contributed by atoms with Gasteiger partial charge in [0.25, 0.3) is 0 Å². The standard InChI is InChI=1S/C34H41N3O9S/c1-3-43-29-16-28(23-11-12-27-31(30(23)35-29)45-19-44-27)46-21-14-24-25(15-21)32(39)37(2)13-7-5-4-6-8-20-17-34(20,18-26(24)38)33(40)36-47(41,42)22-9-10-22/h6,8,11-12,16,20-22,24-25H,3-5,7,9-10,13-15,17-19H2,1-2H3,(H,36,40)/b8-6-/t20-,21+,24+,25+,34+/m0/s1. The van der Waals surface area contributed by atoms with Crippen molar-refractivity contribution in [2.75, 3.05) is 27.0 Å². The van der Waals surface area contributed by atoms with Gasteiger partial charge in [-0.2, -0.15) is 0 Å². The molecule has 0 saturated heterocycles. The lowest BCUT2D eigenvalue weighted by Crippen LogP contribution is -2.42. The SMILES string of the molecule is CCOc1cc(O[C@@H]2C[C@H]3C(=O)C[C@]4(C(=O)NS(=O)(=O)C5CC5)C[C@@H]4/C=C\CCCCN(C)C(=O)[C@@H]3C2)c2ccc3c(c2n1)OCO3. The first kappa shape index (κ1) is 31.7. The van der Waals surface area contributed by atoms with Crippen LogP contribution in [0, 0.1) is 23.2 Å². The minimum Gasteiger partial charge on any atom is -0.489 e. The zero-order valence-corrected chi connectivity index (χ0v) is 27.6. The Hall–Kier alpha value is -3.87. The number of allylic oxidation sites excluding steroid dienone is 2. The molecule has 2 aliphatic heterocycles. The Balaban J connectivity index is 1.18. The van der Waals surface area contributed by atoms with Gasteiger partial charge < -0.3 is 23.8 Å². The second kappa shape index (κ2) is 12.3. The van der Waals surface area contributed by atoms with E-state index < -0.39 is 44.5 Å². The number of ketones is 1. The third-order valence-corrected chi connectivity index (χ3v) is 12.0. The second-order valence-electron chi connectivity index (χ2n) is 13.5. The summed E-state index contributed by atoms with van der Waals surface area (Å²) in [5, 5.41) is 0.133. The van der Waals surface area contributed by atoms with E-state index in [1.807, 2.05) is 25.1 Å². The number of nitrogens with zero attached hydrogens (tertiary/aromatic N) is 2. The van der Waals surface area contributed by atoms with Crippen molar-refractivity contribution in [1.29, 1.82) is 0 Å². The molecular weight excluding hydrogens is 626 g/mol. The first-order valence-electron chi connectivity index (χ1n) is 16.6. The van der Waals surface area contributed by atoms with Gasteiger partial charge in [0.15, 0.2) is 11.5 Å². The molecule has 7 rings (SSSR count). The van der Waals surface area contributed by atoms with E-state index in [0.717, 1.165) is 19.3 Å². The molecule has 0 bridgehead atoms. The summed E-state index contributed by atoms with van der Waals surface area (Å²) < 4.78 is 51.3. The summed E-state index contributed by atoms with van der Waals surface area (Å²) in [6, 6.07) is 5.35. The maximum absolute atomic E-state index is 14.2. The highest BCUT2D eigenvalue weighted by Gasteiger charge is 2.61. The molecule has 13 heteroatoms. The number of hydrogen-bond donors (Lipinski definition) is 1. The Morgan fingerprint density at radius 3 is 2.74 bits per heavy atom. The van der Waals surface area contributed by atoms with E-state index in [1.54, 1.807) is 24.1 Å². The number of carbonyl (C=O) groups is 3. The predicted octanol–water partition coefficient (Wildman–Crippen LogP) is 3.91. The van der Waals surface area contributed by atoms with Crippen LogP contribution in [0.25, 0.3) is 10.9 Å². The van der Waals surface area contributed by atoms with E-state index in [-0.39, 0.29) is 37.2 Å². The summed E-state index contributed by atoms with van der Waals surface area (Å²) in [5.41, 5.74) is -0.611. The van der Waals surface area contributed by atoms with Crippen LogP contribution in [0.5, 0.6) is 23.1 Å². The smallest absolute Gasteiger partial charge is 0.240 e. The van der Waals surface area contributed by atoms with Crippen molar-refractivity contribution >= 4 is 38.5 Å². The molecule has 2 amide bonds. The zero-order chi connectivity index (χ0) is 32.9. The van der Waals surface area contributed by atoms with Crippen molar-refractivity contribution in [3.63, 3.8) is 0 Å². The van der Waals surface area contributed by atoms with Crippen LogP contribution in [0.3, 0.4) is 0 Å². The maximum atomic E-state index is 14.2. The third-order valence-electron chi connectivity index (χ3n) is 10.2. The summed E-state index contributed by atoms with van der Waals surface area (Å²) in [6.07, 6.45) is 7.85. The van der Waals surface area contributed by atoms with E-state index in [2.05, 4.69) is 9.71 Å². The van der Waals surface area contributed by atoms with E-state index in [9.17, 15) is 22.8 Å². The third kappa shape index (κ3) is 6.14. The number of fused-ring (bicyclic) bond motifs is 5. The van der Waals surface area contributed by atoms with E-state index in [0.29, 0.717) is 72.9 Å². The summed E-state index contributed by atoms with van der Waals surface area (Å²) in [4.78, 5) is 48.0. The maximum Gasteiger partial charge on any atom is 0.240 e. The monoisotopic (exact) mass is 667 g/mol. The molecule has 1 aromatic carbocycles. The normalized spacial score (nSPS) is 29.9. The molecule has 252 valence electrons. The molecule has 2 aromatic rings. The van der Waals surface area contributed by atoms with E-state index in [4.69, 9.17) is 18.9 Å². The summed E-state index contributed by atoms with van der Waals surface area (Å²) in [7, 11) is -2.01. The van der Waals surface area contributed by atoms with Crippen LogP contribution in [0.4, 0.5) is 0 Å². The van der Waals surface area contributed by atoms with Crippen molar-refractivity contribution in [1.82, 2.24) is 14.6 Å². The molecule has 5 atom stereocenters. The Morgan fingerprint density at radius 1 is 1.15 bits per heavy atom. The number of rotatable bonds is 7. The molecule has 47 heavy (non-hydrogen) atoms. The number of amides is 2. The molecular formula is C34H41N3O9S. The van der Waals surface area contributed by atoms with Gasteiger partial charge in [0.2, 0.25) is 34.5 Å². The Labute approximate surface area is 274 Å². The predicted molar refractivity (Wildman–Crippen MR) is 171 cm³/mol. The Morgan fingerprint density at radius 2 is 1.96 bits per heavy atom. The number of ether oxygens (including phenoxy) is 4. The molecule has 1 aromatic heterocycles. The number of nitrogens with one attached hydrogen (secondary N) is 1. The average Bonchev–Trinajstić information content (AvgIpc) is 3.91. The van der Waals surface area contributed by atoms with Crippen LogP contribution in [0.2, 0.25) is 0 Å². The van der Waals surface area contributed by atoms with Crippen LogP contribution in [-0.4, -0.2) is 74.2 Å². The van der Waals surface area contributed by atoms with Gasteiger partial charge in [0.05, 0.1) is 23.2 Å². The average molecular weight is 668 g/mol. The van der Waals surface area contributed by atoms with Gasteiger partial charge in [-0.1, -0.05) is 12.2 Å². The molecule has 5 aliphatic rings. The van der Waals surface area contributed by atoms with Gasteiger partial charge in [0.1, 0.15) is 23.2 Å². The quantitative estimate of drug-likeness (QED) is 0.431. The number of pyridine rings is 1. The first-order valence-corrected chi connectivity index (χ1v) is 18.2. The van der Waals surface area contributed by atoms with Crippen molar-refractivity contribution in [3.05, 3.63) is 30.4 Å². The van der Waals surface area contributed by atoms with Crippen molar-refractivity contribution in [2.45, 2.75) is 76.1 Å². The lowest BCUT2D eigenvalue weighted by atomic mass is 9.84. The summed E-state index contributed by atoms with van der Waals surface area (Å²) in [5.74, 6) is -0.589. The van der Waals surface area contributed by atoms with E-state index in [1.165, 1.54) is 0 Å². The lowest BCUT2D eigenvalue weighted by molar-refractivity contribution is -0.140. The number of carbonyl (C=O) groups excluding carboxylic acids is 3. The molecule has 3 fully saturated rings. The molecule has 0 unspecified atom stereocenters. The minimum atomic E-state index is -3.78. The number of aromatic nitrogens is 1. The highest BCUT2D eigenvalue weighted by Crippen LogP contribution is 2.58. The van der Waals surface area contributed by atoms with Crippen LogP contribution < -0.4 is 23.7 Å². The van der Waals surface area contributed by atoms with Gasteiger partial charge in [-0.15, -0.1) is 0 Å². The molecule has 12 nitrogen and oxygen atoms in total. The van der Waals surface area contributed by atoms with Crippen LogP contribution in [0.15, 0.2) is 30.4 Å². The van der Waals surface area contributed by atoms with Crippen molar-refractivity contribution in [2.24, 2.45) is 23.2 Å². The topological polar surface area (TPSA) is 150 Å². The Kier molecular flexibility index (Phi) is 8.30. The van der Waals surface area contributed by atoms with Gasteiger partial charge >= 0.3 is 0 Å². The first-order chi connectivity index (χ1) is 22.6. The van der Waals surface area contributed by atoms with Gasteiger partial charge in [-0.25, -0.2) is 13.4 Å². The molecule has 0 spiro atoms. The van der Waals surface area contributed by atoms with Crippen molar-refractivity contribution in [3.8, 4) is 23.1 Å². The lowest BCUT2D eigenvalue weighted by Gasteiger charge is -2.26. The largest absolute Gasteiger partial charge is 0.489 e. The second-order valence-corrected chi connectivity index (χ2v) is 15.4. The van der Waals surface area contributed by atoms with Crippen molar-refractivity contribution < 1.29 is 41.7 Å². The van der Waals surface area contributed by atoms with Gasteiger partial charge in [-0.05, 0) is 76.3 Å². The summed E-state index contributed by atoms with van der Waals surface area (Å²) >= 11 is 0. The Bertz CT molecular complexity index is 1740. The number of sulfonamides is 1. The fourth-order valence-corrected chi connectivity index (χ4v) is 8.73. The van der Waals surface area contributed by atoms with E-state index >= 15 is 0 Å². The number of benzene rings is 1. The van der Waals surface area contributed by atoms with Gasteiger partial charge in [-0.3, -0.25) is 19.1 Å². The number of Topliss-reactive ketones (excluding diaryl/α,β-unsaturated/α-hetero) is 1.